The standard InChI is InChI=1S/C19H21NO2S/c1-19(2)20(17(22-3)13-23-19)18(21)16-12-8-7-11-15(16)14-9-5-4-6-10-14/h4-12,17H,13H2,1-3H3/t17-/m1/s1. The number of carbonyl (C=O) groups excluding carboxylic acids is 1. The zero-order chi connectivity index (χ0) is 16.4. The van der Waals surface area contributed by atoms with Gasteiger partial charge < -0.3 is 4.74 Å². The van der Waals surface area contributed by atoms with Crippen LogP contribution in [-0.2, 0) is 4.74 Å². The predicted molar refractivity (Wildman–Crippen MR) is 95.4 cm³/mol. The molecule has 1 aliphatic heterocycles. The number of ether oxygens (including phenoxy) is 1. The summed E-state index contributed by atoms with van der Waals surface area (Å²) in [6, 6.07) is 17.8. The van der Waals surface area contributed by atoms with E-state index in [9.17, 15) is 4.79 Å². The lowest BCUT2D eigenvalue weighted by Gasteiger charge is -2.34. The van der Waals surface area contributed by atoms with Crippen LogP contribution in [-0.4, -0.2) is 34.8 Å². The summed E-state index contributed by atoms with van der Waals surface area (Å²) >= 11 is 1.75. The molecule has 1 aliphatic rings. The Morgan fingerprint density at radius 3 is 2.48 bits per heavy atom. The van der Waals surface area contributed by atoms with Crippen LogP contribution in [0.2, 0.25) is 0 Å². The van der Waals surface area contributed by atoms with E-state index < -0.39 is 0 Å². The SMILES string of the molecule is CO[C@@H]1CSC(C)(C)N1C(=O)c1ccccc1-c1ccccc1. The smallest absolute Gasteiger partial charge is 0.257 e. The molecule has 0 bridgehead atoms. The van der Waals surface area contributed by atoms with Crippen LogP contribution >= 0.6 is 11.8 Å². The van der Waals surface area contributed by atoms with E-state index in [2.05, 4.69) is 13.8 Å². The maximum atomic E-state index is 13.3. The zero-order valence-electron chi connectivity index (χ0n) is 13.7. The molecule has 0 aliphatic carbocycles. The van der Waals surface area contributed by atoms with Gasteiger partial charge in [0.1, 0.15) is 6.23 Å². The number of benzene rings is 2. The normalized spacial score (nSPS) is 19.8. The summed E-state index contributed by atoms with van der Waals surface area (Å²) in [6.07, 6.45) is -0.189. The quantitative estimate of drug-likeness (QED) is 0.844. The van der Waals surface area contributed by atoms with Crippen LogP contribution in [0.3, 0.4) is 0 Å². The van der Waals surface area contributed by atoms with Crippen LogP contribution in [0, 0.1) is 0 Å². The number of methoxy groups -OCH3 is 1. The van der Waals surface area contributed by atoms with Gasteiger partial charge in [-0.2, -0.15) is 0 Å². The summed E-state index contributed by atoms with van der Waals surface area (Å²) in [4.78, 5) is 14.8. The van der Waals surface area contributed by atoms with Crippen molar-refractivity contribution in [3.05, 3.63) is 60.2 Å². The minimum atomic E-state index is -0.276. The van der Waals surface area contributed by atoms with E-state index in [1.54, 1.807) is 18.9 Å². The molecule has 1 atom stereocenters. The van der Waals surface area contributed by atoms with Crippen molar-refractivity contribution < 1.29 is 9.53 Å². The summed E-state index contributed by atoms with van der Waals surface area (Å²) in [5.74, 6) is 0.814. The van der Waals surface area contributed by atoms with Gasteiger partial charge in [0.15, 0.2) is 0 Å². The van der Waals surface area contributed by atoms with Crippen molar-refractivity contribution in [2.24, 2.45) is 0 Å². The molecule has 2 aromatic carbocycles. The number of amides is 1. The fourth-order valence-electron chi connectivity index (χ4n) is 2.98. The molecule has 0 N–H and O–H groups in total. The van der Waals surface area contributed by atoms with Gasteiger partial charge in [0.2, 0.25) is 0 Å². The summed E-state index contributed by atoms with van der Waals surface area (Å²) in [5.41, 5.74) is 2.73. The van der Waals surface area contributed by atoms with E-state index in [-0.39, 0.29) is 17.0 Å². The maximum Gasteiger partial charge on any atom is 0.257 e. The number of rotatable bonds is 3. The van der Waals surface area contributed by atoms with Crippen LogP contribution in [0.25, 0.3) is 11.1 Å². The van der Waals surface area contributed by atoms with Gasteiger partial charge >= 0.3 is 0 Å². The van der Waals surface area contributed by atoms with E-state index in [0.29, 0.717) is 0 Å². The lowest BCUT2D eigenvalue weighted by atomic mass is 9.98. The first-order valence-electron chi connectivity index (χ1n) is 7.69. The minimum Gasteiger partial charge on any atom is -0.361 e. The molecule has 120 valence electrons. The Hall–Kier alpha value is -1.78. The third-order valence-electron chi connectivity index (χ3n) is 4.18. The van der Waals surface area contributed by atoms with E-state index in [1.165, 1.54) is 0 Å². The first kappa shape index (κ1) is 16.1. The fraction of sp³-hybridized carbons (Fsp3) is 0.316. The Labute approximate surface area is 141 Å². The molecule has 1 amide bonds. The number of hydrogen-bond donors (Lipinski definition) is 0. The summed E-state index contributed by atoms with van der Waals surface area (Å²) in [5, 5.41) is 0. The van der Waals surface area contributed by atoms with Crippen LogP contribution in [0.15, 0.2) is 54.6 Å². The van der Waals surface area contributed by atoms with E-state index in [4.69, 9.17) is 4.74 Å². The topological polar surface area (TPSA) is 29.5 Å². The van der Waals surface area contributed by atoms with Crippen molar-refractivity contribution in [1.29, 1.82) is 0 Å². The molecule has 3 nitrogen and oxygen atoms in total. The lowest BCUT2D eigenvalue weighted by Crippen LogP contribution is -2.47. The second kappa shape index (κ2) is 6.38. The average Bonchev–Trinajstić information content (AvgIpc) is 2.89. The van der Waals surface area contributed by atoms with Gasteiger partial charge in [0.25, 0.3) is 5.91 Å². The third-order valence-corrected chi connectivity index (χ3v) is 5.54. The van der Waals surface area contributed by atoms with Gasteiger partial charge in [-0.3, -0.25) is 9.69 Å². The van der Waals surface area contributed by atoms with Gasteiger partial charge in [-0.1, -0.05) is 48.5 Å². The molecule has 3 rings (SSSR count). The summed E-state index contributed by atoms with van der Waals surface area (Å²) < 4.78 is 5.53. The molecule has 1 saturated heterocycles. The lowest BCUT2D eigenvalue weighted by molar-refractivity contribution is -0.0170. The molecule has 0 unspecified atom stereocenters. The molecule has 0 radical (unpaired) electrons. The molecular formula is C19H21NO2S. The van der Waals surface area contributed by atoms with Crippen LogP contribution in [0.5, 0.6) is 0 Å². The molecule has 23 heavy (non-hydrogen) atoms. The zero-order valence-corrected chi connectivity index (χ0v) is 14.5. The van der Waals surface area contributed by atoms with Gasteiger partial charge in [0, 0.05) is 18.4 Å². The third kappa shape index (κ3) is 3.01. The second-order valence-corrected chi connectivity index (χ2v) is 7.66. The van der Waals surface area contributed by atoms with Crippen molar-refractivity contribution in [1.82, 2.24) is 4.90 Å². The minimum absolute atomic E-state index is 0.0197. The van der Waals surface area contributed by atoms with E-state index in [0.717, 1.165) is 22.4 Å². The van der Waals surface area contributed by atoms with Crippen molar-refractivity contribution in [2.75, 3.05) is 12.9 Å². The van der Waals surface area contributed by atoms with Crippen molar-refractivity contribution >= 4 is 17.7 Å². The van der Waals surface area contributed by atoms with Crippen LogP contribution in [0.1, 0.15) is 24.2 Å². The van der Waals surface area contributed by atoms with E-state index in [1.807, 2.05) is 59.5 Å². The molecule has 0 spiro atoms. The Morgan fingerprint density at radius 2 is 1.78 bits per heavy atom. The highest BCUT2D eigenvalue weighted by molar-refractivity contribution is 8.00. The van der Waals surface area contributed by atoms with Gasteiger partial charge in [-0.05, 0) is 31.0 Å². The van der Waals surface area contributed by atoms with Gasteiger partial charge in [-0.15, -0.1) is 11.8 Å². The number of thioether (sulfide) groups is 1. The van der Waals surface area contributed by atoms with Crippen molar-refractivity contribution in [3.8, 4) is 11.1 Å². The molecule has 1 fully saturated rings. The largest absolute Gasteiger partial charge is 0.361 e. The van der Waals surface area contributed by atoms with Crippen molar-refractivity contribution in [3.63, 3.8) is 0 Å². The van der Waals surface area contributed by atoms with E-state index >= 15 is 0 Å². The Morgan fingerprint density at radius 1 is 1.13 bits per heavy atom. The molecule has 0 saturated carbocycles. The highest BCUT2D eigenvalue weighted by Crippen LogP contribution is 2.40. The second-order valence-electron chi connectivity index (χ2n) is 6.03. The Bertz CT molecular complexity index is 700. The Kier molecular flexibility index (Phi) is 4.46. The van der Waals surface area contributed by atoms with Crippen LogP contribution < -0.4 is 0 Å². The average molecular weight is 327 g/mol. The molecule has 1 heterocycles. The Balaban J connectivity index is 2.04. The molecule has 0 aromatic heterocycles. The maximum absolute atomic E-state index is 13.3. The van der Waals surface area contributed by atoms with Crippen LogP contribution in [0.4, 0.5) is 0 Å². The highest BCUT2D eigenvalue weighted by atomic mass is 32.2. The number of carbonyl (C=O) groups is 1. The number of hydrogen-bond acceptors (Lipinski definition) is 3. The number of nitrogens with zero attached hydrogens (tertiary/aromatic N) is 1. The van der Waals surface area contributed by atoms with Gasteiger partial charge in [0.05, 0.1) is 4.87 Å². The van der Waals surface area contributed by atoms with Crippen molar-refractivity contribution in [2.45, 2.75) is 24.9 Å². The van der Waals surface area contributed by atoms with Gasteiger partial charge in [-0.25, -0.2) is 0 Å². The predicted octanol–water partition coefficient (Wildman–Crippen LogP) is 4.25. The molecule has 4 heteroatoms. The highest BCUT2D eigenvalue weighted by Gasteiger charge is 2.44. The fourth-order valence-corrected chi connectivity index (χ4v) is 4.16. The monoisotopic (exact) mass is 327 g/mol. The first-order valence-corrected chi connectivity index (χ1v) is 8.68. The first-order chi connectivity index (χ1) is 11.0. The molecular weight excluding hydrogens is 306 g/mol. The summed E-state index contributed by atoms with van der Waals surface area (Å²) in [6.45, 7) is 4.14. The molecule has 2 aromatic rings. The summed E-state index contributed by atoms with van der Waals surface area (Å²) in [7, 11) is 1.66.